The average molecular weight is 278 g/mol. The van der Waals surface area contributed by atoms with Gasteiger partial charge in [-0.05, 0) is 64.0 Å². The molecule has 1 rings (SSSR count). The standard InChI is InChI=1S/C17H30N2O/c1-13-11-15(3)17(12-14(13)2)16(4)18-7-9-20-10-8-19(5)6/h11-12,16,18H,7-10H2,1-6H3. The van der Waals surface area contributed by atoms with Gasteiger partial charge in [-0.1, -0.05) is 12.1 Å². The van der Waals surface area contributed by atoms with Gasteiger partial charge in [-0.25, -0.2) is 0 Å². The van der Waals surface area contributed by atoms with Gasteiger partial charge in [0.15, 0.2) is 0 Å². The fourth-order valence-electron chi connectivity index (χ4n) is 2.26. The molecule has 0 radical (unpaired) electrons. The first-order valence-electron chi connectivity index (χ1n) is 7.45. The highest BCUT2D eigenvalue weighted by atomic mass is 16.5. The number of aryl methyl sites for hydroxylation is 3. The molecule has 114 valence electrons. The molecular weight excluding hydrogens is 248 g/mol. The van der Waals surface area contributed by atoms with Crippen molar-refractivity contribution in [3.63, 3.8) is 0 Å². The van der Waals surface area contributed by atoms with Gasteiger partial charge in [0.1, 0.15) is 0 Å². The van der Waals surface area contributed by atoms with Crippen molar-refractivity contribution in [3.05, 3.63) is 34.4 Å². The minimum atomic E-state index is 0.367. The molecule has 0 spiro atoms. The summed E-state index contributed by atoms with van der Waals surface area (Å²) in [4.78, 5) is 2.13. The van der Waals surface area contributed by atoms with Crippen LogP contribution in [0.4, 0.5) is 0 Å². The molecule has 0 amide bonds. The number of benzene rings is 1. The quantitative estimate of drug-likeness (QED) is 0.740. The summed E-state index contributed by atoms with van der Waals surface area (Å²) < 4.78 is 5.60. The van der Waals surface area contributed by atoms with Crippen LogP contribution in [0.3, 0.4) is 0 Å². The van der Waals surface area contributed by atoms with E-state index in [2.05, 4.69) is 64.1 Å². The number of rotatable bonds is 8. The molecule has 0 saturated heterocycles. The monoisotopic (exact) mass is 278 g/mol. The van der Waals surface area contributed by atoms with Crippen molar-refractivity contribution in [2.45, 2.75) is 33.7 Å². The second-order valence-electron chi connectivity index (χ2n) is 5.88. The lowest BCUT2D eigenvalue weighted by Crippen LogP contribution is -2.25. The molecule has 20 heavy (non-hydrogen) atoms. The first-order valence-corrected chi connectivity index (χ1v) is 7.45. The SMILES string of the molecule is Cc1cc(C)c(C(C)NCCOCCN(C)C)cc1C. The van der Waals surface area contributed by atoms with Gasteiger partial charge in [-0.3, -0.25) is 0 Å². The Morgan fingerprint density at radius 1 is 1.05 bits per heavy atom. The molecule has 0 aliphatic rings. The van der Waals surface area contributed by atoms with Gasteiger partial charge < -0.3 is 15.0 Å². The molecule has 0 aliphatic heterocycles. The zero-order valence-electron chi connectivity index (χ0n) is 13.9. The van der Waals surface area contributed by atoms with Crippen LogP contribution in [0, 0.1) is 20.8 Å². The molecule has 1 unspecified atom stereocenters. The zero-order valence-corrected chi connectivity index (χ0v) is 13.9. The highest BCUT2D eigenvalue weighted by Crippen LogP contribution is 2.21. The molecule has 1 aromatic carbocycles. The lowest BCUT2D eigenvalue weighted by atomic mass is 9.96. The summed E-state index contributed by atoms with van der Waals surface area (Å²) in [6.07, 6.45) is 0. The van der Waals surface area contributed by atoms with Gasteiger partial charge in [0, 0.05) is 19.1 Å². The van der Waals surface area contributed by atoms with Crippen molar-refractivity contribution in [3.8, 4) is 0 Å². The van der Waals surface area contributed by atoms with E-state index in [-0.39, 0.29) is 0 Å². The van der Waals surface area contributed by atoms with E-state index in [9.17, 15) is 0 Å². The molecule has 1 N–H and O–H groups in total. The smallest absolute Gasteiger partial charge is 0.0593 e. The van der Waals surface area contributed by atoms with Gasteiger partial charge in [0.25, 0.3) is 0 Å². The van der Waals surface area contributed by atoms with Gasteiger partial charge in [0.05, 0.1) is 13.2 Å². The van der Waals surface area contributed by atoms with E-state index >= 15 is 0 Å². The first kappa shape index (κ1) is 17.2. The summed E-state index contributed by atoms with van der Waals surface area (Å²) >= 11 is 0. The highest BCUT2D eigenvalue weighted by Gasteiger charge is 2.09. The molecular formula is C17H30N2O. The number of ether oxygens (including phenoxy) is 1. The Bertz CT molecular complexity index is 416. The number of nitrogens with one attached hydrogen (secondary N) is 1. The minimum Gasteiger partial charge on any atom is -0.379 e. The van der Waals surface area contributed by atoms with Crippen molar-refractivity contribution >= 4 is 0 Å². The molecule has 0 aliphatic carbocycles. The summed E-state index contributed by atoms with van der Waals surface area (Å²) in [5, 5.41) is 3.54. The van der Waals surface area contributed by atoms with E-state index in [1.807, 2.05) is 0 Å². The van der Waals surface area contributed by atoms with E-state index in [1.54, 1.807) is 0 Å². The maximum absolute atomic E-state index is 5.60. The molecule has 3 heteroatoms. The maximum atomic E-state index is 5.60. The van der Waals surface area contributed by atoms with Crippen molar-refractivity contribution in [2.24, 2.45) is 0 Å². The van der Waals surface area contributed by atoms with Crippen LogP contribution in [0.15, 0.2) is 12.1 Å². The van der Waals surface area contributed by atoms with E-state index in [0.717, 1.165) is 26.3 Å². The van der Waals surface area contributed by atoms with Crippen molar-refractivity contribution in [1.29, 1.82) is 0 Å². The summed E-state index contributed by atoms with van der Waals surface area (Å²) in [5.74, 6) is 0. The Balaban J connectivity index is 2.36. The molecule has 0 fully saturated rings. The van der Waals surface area contributed by atoms with Crippen molar-refractivity contribution < 1.29 is 4.74 Å². The van der Waals surface area contributed by atoms with E-state index < -0.39 is 0 Å². The van der Waals surface area contributed by atoms with Gasteiger partial charge in [-0.2, -0.15) is 0 Å². The van der Waals surface area contributed by atoms with Crippen LogP contribution < -0.4 is 5.32 Å². The van der Waals surface area contributed by atoms with Crippen molar-refractivity contribution in [2.75, 3.05) is 40.4 Å². The third-order valence-electron chi connectivity index (χ3n) is 3.73. The number of hydrogen-bond donors (Lipinski definition) is 1. The second kappa shape index (κ2) is 8.40. The molecule has 0 heterocycles. The lowest BCUT2D eigenvalue weighted by molar-refractivity contribution is 0.118. The molecule has 3 nitrogen and oxygen atoms in total. The third-order valence-corrected chi connectivity index (χ3v) is 3.73. The fraction of sp³-hybridized carbons (Fsp3) is 0.647. The Hall–Kier alpha value is -0.900. The topological polar surface area (TPSA) is 24.5 Å². The van der Waals surface area contributed by atoms with Crippen LogP contribution in [0.25, 0.3) is 0 Å². The summed E-state index contributed by atoms with van der Waals surface area (Å²) in [6.45, 7) is 12.2. The summed E-state index contributed by atoms with van der Waals surface area (Å²) in [6, 6.07) is 4.94. The molecule has 0 aromatic heterocycles. The Morgan fingerprint density at radius 2 is 1.70 bits per heavy atom. The Labute approximate surface area is 124 Å². The van der Waals surface area contributed by atoms with Crippen LogP contribution in [-0.2, 0) is 4.74 Å². The minimum absolute atomic E-state index is 0.367. The van der Waals surface area contributed by atoms with Gasteiger partial charge >= 0.3 is 0 Å². The van der Waals surface area contributed by atoms with Crippen molar-refractivity contribution in [1.82, 2.24) is 10.2 Å². The van der Waals surface area contributed by atoms with Crippen LogP contribution in [-0.4, -0.2) is 45.3 Å². The highest BCUT2D eigenvalue weighted by molar-refractivity contribution is 5.37. The second-order valence-corrected chi connectivity index (χ2v) is 5.88. The van der Waals surface area contributed by atoms with E-state index in [0.29, 0.717) is 6.04 Å². The zero-order chi connectivity index (χ0) is 15.1. The largest absolute Gasteiger partial charge is 0.379 e. The average Bonchev–Trinajstić information content (AvgIpc) is 2.37. The predicted octanol–water partition coefficient (Wildman–Crippen LogP) is 2.84. The first-order chi connectivity index (χ1) is 9.41. The van der Waals surface area contributed by atoms with E-state index in [4.69, 9.17) is 4.74 Å². The van der Waals surface area contributed by atoms with E-state index in [1.165, 1.54) is 22.3 Å². The molecule has 0 saturated carbocycles. The Morgan fingerprint density at radius 3 is 2.35 bits per heavy atom. The molecule has 0 bridgehead atoms. The van der Waals surface area contributed by atoms with Crippen LogP contribution in [0.1, 0.15) is 35.2 Å². The van der Waals surface area contributed by atoms with Crippen LogP contribution >= 0.6 is 0 Å². The van der Waals surface area contributed by atoms with Gasteiger partial charge in [0.2, 0.25) is 0 Å². The number of hydrogen-bond acceptors (Lipinski definition) is 3. The molecule has 1 atom stereocenters. The van der Waals surface area contributed by atoms with Crippen LogP contribution in [0.2, 0.25) is 0 Å². The normalized spacial score (nSPS) is 12.9. The van der Waals surface area contributed by atoms with Gasteiger partial charge in [-0.15, -0.1) is 0 Å². The Kier molecular flexibility index (Phi) is 7.20. The number of likely N-dealkylation sites (N-methyl/N-ethyl adjacent to an activating group) is 1. The third kappa shape index (κ3) is 5.61. The summed E-state index contributed by atoms with van der Waals surface area (Å²) in [5.41, 5.74) is 5.48. The lowest BCUT2D eigenvalue weighted by Gasteiger charge is -2.18. The summed E-state index contributed by atoms with van der Waals surface area (Å²) in [7, 11) is 4.12. The molecule has 1 aromatic rings. The van der Waals surface area contributed by atoms with Crippen LogP contribution in [0.5, 0.6) is 0 Å². The maximum Gasteiger partial charge on any atom is 0.0593 e. The predicted molar refractivity (Wildman–Crippen MR) is 86.4 cm³/mol. The number of nitrogens with zero attached hydrogens (tertiary/aromatic N) is 1. The fourth-order valence-corrected chi connectivity index (χ4v) is 2.26.